The third-order valence-electron chi connectivity index (χ3n) is 12.0. The molecule has 0 bridgehead atoms. The Morgan fingerprint density at radius 2 is 0.547 bits per heavy atom. The number of unbranched alkanes of at least 4 members (excludes halogenated alkanes) is 15. The zero-order chi connectivity index (χ0) is 54.3. The number of carbonyl (C=O) groups excluding carboxylic acids is 3. The van der Waals surface area contributed by atoms with Crippen LogP contribution in [0.15, 0.2) is 158 Å². The van der Waals surface area contributed by atoms with Crippen molar-refractivity contribution in [2.24, 2.45) is 0 Å². The van der Waals surface area contributed by atoms with Crippen LogP contribution in [0.25, 0.3) is 0 Å². The maximum Gasteiger partial charge on any atom is 0.306 e. The Morgan fingerprint density at radius 3 is 0.893 bits per heavy atom. The summed E-state index contributed by atoms with van der Waals surface area (Å²) in [4.78, 5) is 38.2. The standard InChI is InChI=1S/C69H108O6/c1-4-7-10-13-16-19-22-25-28-31-34-37-40-43-46-49-52-55-58-61-67(70)73-64-66(75-69(72)63-60-57-54-51-48-45-42-39-36-33-30-27-24-21-18-15-12-9-6-3)65-74-68(71)62-59-56-53-50-47-44-41-38-35-32-29-26-23-20-17-14-11-8-5-2/h7,9-10,12,16,18-19,21,25,27-28,30,32,34-37,39,43,45-46,48,52,54-55,57,66H,4-6,8,11,13-15,17,20,22-24,26,29,31,33,38,40-42,44,47,49-51,53,56,58-65H2,1-3H3/b10-7-,12-9-,19-16-,21-18-,28-25-,30-27-,35-32-,37-34-,39-36-,46-43-,48-45-,55-52-,57-54-. The first kappa shape index (κ1) is 70.0. The number of carbonyl (C=O) groups is 3. The molecule has 0 heterocycles. The first-order chi connectivity index (χ1) is 37.0. The highest BCUT2D eigenvalue weighted by Crippen LogP contribution is 2.13. The Labute approximate surface area is 460 Å². The number of allylic oxidation sites excluding steroid dienone is 26. The Morgan fingerprint density at radius 1 is 0.280 bits per heavy atom. The SMILES string of the molecule is CC/C=C\C/C=C\C/C=C\C/C=C\C/C=C\C/C=C\CCC(=O)OCC(COC(=O)CCCCCCCCC/C=C\CCCCCCCCCC)OC(=O)CC/C=C\C/C=C\C/C=C\C/C=C\C/C=C\C/C=C\CC. The van der Waals surface area contributed by atoms with E-state index in [1.807, 2.05) is 24.3 Å². The third kappa shape index (κ3) is 59.8. The first-order valence-electron chi connectivity index (χ1n) is 30.0. The summed E-state index contributed by atoms with van der Waals surface area (Å²) in [6, 6.07) is 0. The van der Waals surface area contributed by atoms with E-state index in [4.69, 9.17) is 14.2 Å². The molecule has 0 rings (SSSR count). The van der Waals surface area contributed by atoms with Crippen LogP contribution in [0.5, 0.6) is 0 Å². The molecule has 75 heavy (non-hydrogen) atoms. The topological polar surface area (TPSA) is 78.9 Å². The highest BCUT2D eigenvalue weighted by molar-refractivity contribution is 5.71. The summed E-state index contributed by atoms with van der Waals surface area (Å²) in [5, 5.41) is 0. The van der Waals surface area contributed by atoms with E-state index in [2.05, 4.69) is 154 Å². The van der Waals surface area contributed by atoms with Gasteiger partial charge in [0.1, 0.15) is 13.2 Å². The molecule has 0 aliphatic heterocycles. The van der Waals surface area contributed by atoms with Crippen molar-refractivity contribution < 1.29 is 28.6 Å². The van der Waals surface area contributed by atoms with Gasteiger partial charge in [0.15, 0.2) is 6.10 Å². The maximum atomic E-state index is 12.8. The lowest BCUT2D eigenvalue weighted by molar-refractivity contribution is -0.166. The lowest BCUT2D eigenvalue weighted by atomic mass is 10.1. The molecule has 0 N–H and O–H groups in total. The van der Waals surface area contributed by atoms with E-state index < -0.39 is 12.1 Å². The summed E-state index contributed by atoms with van der Waals surface area (Å²) in [6.45, 7) is 6.27. The molecule has 0 radical (unpaired) electrons. The summed E-state index contributed by atoms with van der Waals surface area (Å²) >= 11 is 0. The normalized spacial score (nSPS) is 13.3. The minimum atomic E-state index is -0.860. The average Bonchev–Trinajstić information content (AvgIpc) is 3.41. The Balaban J connectivity index is 4.63. The molecule has 0 saturated carbocycles. The molecule has 0 aliphatic carbocycles. The molecule has 0 fully saturated rings. The second kappa shape index (κ2) is 61.6. The van der Waals surface area contributed by atoms with Gasteiger partial charge in [0.2, 0.25) is 0 Å². The van der Waals surface area contributed by atoms with Crippen LogP contribution in [0, 0.1) is 0 Å². The summed E-state index contributed by atoms with van der Waals surface area (Å²) < 4.78 is 16.7. The van der Waals surface area contributed by atoms with Gasteiger partial charge >= 0.3 is 17.9 Å². The number of ether oxygens (including phenoxy) is 3. The number of hydrogen-bond acceptors (Lipinski definition) is 6. The largest absolute Gasteiger partial charge is 0.462 e. The van der Waals surface area contributed by atoms with Crippen LogP contribution >= 0.6 is 0 Å². The van der Waals surface area contributed by atoms with Gasteiger partial charge in [-0.05, 0) is 122 Å². The van der Waals surface area contributed by atoms with Gasteiger partial charge in [0.25, 0.3) is 0 Å². The monoisotopic (exact) mass is 1030 g/mol. The van der Waals surface area contributed by atoms with Crippen molar-refractivity contribution >= 4 is 17.9 Å². The molecular formula is C69H108O6. The van der Waals surface area contributed by atoms with E-state index in [0.717, 1.165) is 96.3 Å². The van der Waals surface area contributed by atoms with Gasteiger partial charge in [0.05, 0.1) is 0 Å². The molecule has 0 saturated heterocycles. The summed E-state index contributed by atoms with van der Waals surface area (Å²) in [5.41, 5.74) is 0. The van der Waals surface area contributed by atoms with E-state index in [9.17, 15) is 14.4 Å². The van der Waals surface area contributed by atoms with Gasteiger partial charge in [0, 0.05) is 19.3 Å². The molecule has 0 amide bonds. The van der Waals surface area contributed by atoms with Gasteiger partial charge in [-0.25, -0.2) is 0 Å². The minimum absolute atomic E-state index is 0.140. The fourth-order valence-corrected chi connectivity index (χ4v) is 7.61. The van der Waals surface area contributed by atoms with Crippen molar-refractivity contribution in [1.29, 1.82) is 0 Å². The molecule has 6 nitrogen and oxygen atoms in total. The number of hydrogen-bond donors (Lipinski definition) is 0. The van der Waals surface area contributed by atoms with E-state index in [-0.39, 0.29) is 38.0 Å². The van der Waals surface area contributed by atoms with Gasteiger partial charge < -0.3 is 14.2 Å². The predicted octanol–water partition coefficient (Wildman–Crippen LogP) is 20.5. The van der Waals surface area contributed by atoms with Crippen molar-refractivity contribution in [3.05, 3.63) is 158 Å². The van der Waals surface area contributed by atoms with Crippen molar-refractivity contribution in [2.45, 2.75) is 245 Å². The van der Waals surface area contributed by atoms with Crippen LogP contribution in [0.4, 0.5) is 0 Å². The fourth-order valence-electron chi connectivity index (χ4n) is 7.61. The maximum absolute atomic E-state index is 12.8. The number of esters is 3. The lowest BCUT2D eigenvalue weighted by Crippen LogP contribution is -2.30. The quantitative estimate of drug-likeness (QED) is 0.0261. The highest BCUT2D eigenvalue weighted by atomic mass is 16.6. The van der Waals surface area contributed by atoms with E-state index in [1.165, 1.54) is 89.9 Å². The zero-order valence-corrected chi connectivity index (χ0v) is 48.0. The van der Waals surface area contributed by atoms with Crippen LogP contribution in [0.1, 0.15) is 239 Å². The van der Waals surface area contributed by atoms with Crippen molar-refractivity contribution in [3.63, 3.8) is 0 Å². The molecule has 0 aromatic carbocycles. The van der Waals surface area contributed by atoms with E-state index in [1.54, 1.807) is 0 Å². The molecule has 420 valence electrons. The Kier molecular flexibility index (Phi) is 57.5. The van der Waals surface area contributed by atoms with E-state index >= 15 is 0 Å². The molecule has 0 spiro atoms. The molecule has 6 heteroatoms. The zero-order valence-electron chi connectivity index (χ0n) is 48.0. The first-order valence-corrected chi connectivity index (χ1v) is 30.0. The molecule has 0 aromatic rings. The van der Waals surface area contributed by atoms with Gasteiger partial charge in [-0.3, -0.25) is 14.4 Å². The van der Waals surface area contributed by atoms with Crippen LogP contribution < -0.4 is 0 Å². The highest BCUT2D eigenvalue weighted by Gasteiger charge is 2.19. The molecule has 0 aliphatic rings. The summed E-state index contributed by atoms with van der Waals surface area (Å²) in [6.07, 6.45) is 89.8. The van der Waals surface area contributed by atoms with Crippen molar-refractivity contribution in [3.8, 4) is 0 Å². The smallest absolute Gasteiger partial charge is 0.306 e. The second-order valence-corrected chi connectivity index (χ2v) is 19.1. The van der Waals surface area contributed by atoms with Crippen LogP contribution in [0.2, 0.25) is 0 Å². The van der Waals surface area contributed by atoms with Gasteiger partial charge in [-0.2, -0.15) is 0 Å². The van der Waals surface area contributed by atoms with E-state index in [0.29, 0.717) is 19.3 Å². The fraction of sp³-hybridized carbons (Fsp3) is 0.580. The Hall–Kier alpha value is -4.97. The van der Waals surface area contributed by atoms with Gasteiger partial charge in [-0.1, -0.05) is 256 Å². The van der Waals surface area contributed by atoms with Crippen molar-refractivity contribution in [2.75, 3.05) is 13.2 Å². The minimum Gasteiger partial charge on any atom is -0.462 e. The average molecular weight is 1030 g/mol. The summed E-state index contributed by atoms with van der Waals surface area (Å²) in [5.74, 6) is -1.12. The lowest BCUT2D eigenvalue weighted by Gasteiger charge is -2.18. The third-order valence-corrected chi connectivity index (χ3v) is 12.0. The number of rotatable bonds is 52. The second-order valence-electron chi connectivity index (χ2n) is 19.1. The van der Waals surface area contributed by atoms with Crippen LogP contribution in [0.3, 0.4) is 0 Å². The van der Waals surface area contributed by atoms with Crippen LogP contribution in [-0.4, -0.2) is 37.2 Å². The van der Waals surface area contributed by atoms with Crippen molar-refractivity contribution in [1.82, 2.24) is 0 Å². The molecule has 1 atom stereocenters. The predicted molar refractivity (Wildman–Crippen MR) is 325 cm³/mol. The molecule has 1 unspecified atom stereocenters. The van der Waals surface area contributed by atoms with Gasteiger partial charge in [-0.15, -0.1) is 0 Å². The molecular weight excluding hydrogens is 925 g/mol. The molecule has 0 aromatic heterocycles. The van der Waals surface area contributed by atoms with Crippen LogP contribution in [-0.2, 0) is 28.6 Å². The summed E-state index contributed by atoms with van der Waals surface area (Å²) in [7, 11) is 0. The Bertz CT molecular complexity index is 1710.